The lowest BCUT2D eigenvalue weighted by atomic mass is 10.0. The zero-order valence-corrected chi connectivity index (χ0v) is 22.0. The first-order valence-corrected chi connectivity index (χ1v) is 12.7. The van der Waals surface area contributed by atoms with E-state index in [0.29, 0.717) is 33.3 Å². The summed E-state index contributed by atoms with van der Waals surface area (Å²) in [7, 11) is 3.55. The highest BCUT2D eigenvalue weighted by atomic mass is 35.5. The third-order valence-corrected chi connectivity index (χ3v) is 7.11. The van der Waals surface area contributed by atoms with E-state index < -0.39 is 0 Å². The van der Waals surface area contributed by atoms with E-state index in [4.69, 9.17) is 26.3 Å². The number of fused-ring (bicyclic) bond motifs is 2. The SMILES string of the molecule is COc1ccc(N(C)c2nc(CN3C(=O)c4ccccc4C3=O)nc3ccc(-c4ccc(Cl)cc4)cc23)cc1. The Morgan fingerprint density at radius 1 is 0.821 bits per heavy atom. The Morgan fingerprint density at radius 3 is 2.10 bits per heavy atom. The second-order valence-electron chi connectivity index (χ2n) is 9.20. The van der Waals surface area contributed by atoms with Crippen LogP contribution in [0, 0.1) is 0 Å². The first-order valence-electron chi connectivity index (χ1n) is 12.3. The molecule has 1 aromatic heterocycles. The molecule has 0 spiro atoms. The molecule has 0 aliphatic carbocycles. The Kier molecular flexibility index (Phi) is 6.21. The van der Waals surface area contributed by atoms with Crippen LogP contribution in [-0.4, -0.2) is 40.8 Å². The van der Waals surface area contributed by atoms with Crippen molar-refractivity contribution in [2.24, 2.45) is 0 Å². The molecule has 0 atom stereocenters. The summed E-state index contributed by atoms with van der Waals surface area (Å²) in [6.45, 7) is -0.0370. The van der Waals surface area contributed by atoms with Crippen LogP contribution in [0.2, 0.25) is 5.02 Å². The Hall–Kier alpha value is -4.75. The lowest BCUT2D eigenvalue weighted by Gasteiger charge is -2.22. The number of nitrogens with zero attached hydrogens (tertiary/aromatic N) is 4. The Bertz CT molecular complexity index is 1700. The topological polar surface area (TPSA) is 75.6 Å². The van der Waals surface area contributed by atoms with Gasteiger partial charge in [0.25, 0.3) is 11.8 Å². The molecule has 6 rings (SSSR count). The van der Waals surface area contributed by atoms with Gasteiger partial charge in [0.2, 0.25) is 0 Å². The van der Waals surface area contributed by atoms with Gasteiger partial charge in [0.05, 0.1) is 30.3 Å². The highest BCUT2D eigenvalue weighted by molar-refractivity contribution is 6.30. The first kappa shape index (κ1) is 24.6. The molecule has 0 fully saturated rings. The molecule has 7 nitrogen and oxygen atoms in total. The van der Waals surface area contributed by atoms with E-state index in [0.717, 1.165) is 28.0 Å². The average Bonchev–Trinajstić information content (AvgIpc) is 3.21. The van der Waals surface area contributed by atoms with E-state index in [2.05, 4.69) is 0 Å². The van der Waals surface area contributed by atoms with Crippen molar-refractivity contribution in [1.29, 1.82) is 0 Å². The minimum absolute atomic E-state index is 0.0370. The van der Waals surface area contributed by atoms with Gasteiger partial charge in [0.1, 0.15) is 11.6 Å². The van der Waals surface area contributed by atoms with Gasteiger partial charge in [-0.2, -0.15) is 0 Å². The minimum atomic E-state index is -0.345. The average molecular weight is 535 g/mol. The Morgan fingerprint density at radius 2 is 1.46 bits per heavy atom. The summed E-state index contributed by atoms with van der Waals surface area (Å²) in [5, 5.41) is 1.49. The quantitative estimate of drug-likeness (QED) is 0.231. The second-order valence-corrected chi connectivity index (χ2v) is 9.64. The third kappa shape index (κ3) is 4.47. The molecule has 0 bridgehead atoms. The number of anilines is 2. The maximum Gasteiger partial charge on any atom is 0.261 e. The molecule has 192 valence electrons. The number of carbonyl (C=O) groups is 2. The molecule has 5 aromatic rings. The zero-order valence-electron chi connectivity index (χ0n) is 21.3. The van der Waals surface area contributed by atoms with Gasteiger partial charge in [-0.3, -0.25) is 14.5 Å². The molecule has 1 aliphatic rings. The molecular formula is C31H23ClN4O3. The highest BCUT2D eigenvalue weighted by Gasteiger charge is 2.35. The monoisotopic (exact) mass is 534 g/mol. The Labute approximate surface area is 230 Å². The molecule has 0 radical (unpaired) electrons. The molecule has 0 saturated heterocycles. The Balaban J connectivity index is 1.45. The fourth-order valence-corrected chi connectivity index (χ4v) is 4.89. The standard InChI is InChI=1S/C31H23ClN4O3/c1-35(22-12-14-23(39-2)15-13-22)29-26-17-20(19-7-10-21(32)11-8-19)9-16-27(26)33-28(34-29)18-36-30(37)24-5-3-4-6-25(24)31(36)38/h3-17H,18H2,1-2H3. The van der Waals surface area contributed by atoms with E-state index in [1.54, 1.807) is 31.4 Å². The van der Waals surface area contributed by atoms with Crippen molar-refractivity contribution in [2.45, 2.75) is 6.54 Å². The lowest BCUT2D eigenvalue weighted by molar-refractivity contribution is 0.0638. The van der Waals surface area contributed by atoms with Gasteiger partial charge in [0.15, 0.2) is 5.82 Å². The molecule has 2 amide bonds. The van der Waals surface area contributed by atoms with Crippen molar-refractivity contribution in [3.05, 3.63) is 113 Å². The van der Waals surface area contributed by atoms with Gasteiger partial charge in [-0.05, 0) is 71.8 Å². The van der Waals surface area contributed by atoms with Crippen molar-refractivity contribution >= 4 is 45.8 Å². The van der Waals surface area contributed by atoms with Crippen LogP contribution < -0.4 is 9.64 Å². The van der Waals surface area contributed by atoms with Gasteiger partial charge in [0, 0.05) is 23.1 Å². The van der Waals surface area contributed by atoms with E-state index in [1.807, 2.05) is 78.7 Å². The maximum absolute atomic E-state index is 13.0. The van der Waals surface area contributed by atoms with Crippen LogP contribution in [0.15, 0.2) is 91.0 Å². The number of benzene rings is 4. The third-order valence-electron chi connectivity index (χ3n) is 6.85. The number of ether oxygens (including phenoxy) is 1. The second kappa shape index (κ2) is 9.85. The molecule has 8 heteroatoms. The number of imide groups is 1. The van der Waals surface area contributed by atoms with Gasteiger partial charge in [-0.1, -0.05) is 41.9 Å². The molecule has 1 aliphatic heterocycles. The summed E-state index contributed by atoms with van der Waals surface area (Å²) >= 11 is 6.10. The van der Waals surface area contributed by atoms with E-state index in [1.165, 1.54) is 4.90 Å². The predicted molar refractivity (Wildman–Crippen MR) is 152 cm³/mol. The van der Waals surface area contributed by atoms with Crippen LogP contribution in [-0.2, 0) is 6.54 Å². The lowest BCUT2D eigenvalue weighted by Crippen LogP contribution is -2.30. The maximum atomic E-state index is 13.0. The van der Waals surface area contributed by atoms with Gasteiger partial charge in [-0.15, -0.1) is 0 Å². The van der Waals surface area contributed by atoms with Crippen molar-refractivity contribution in [3.63, 3.8) is 0 Å². The molecule has 0 unspecified atom stereocenters. The summed E-state index contributed by atoms with van der Waals surface area (Å²) in [5.74, 6) is 1.07. The number of methoxy groups -OCH3 is 1. The molecule has 39 heavy (non-hydrogen) atoms. The summed E-state index contributed by atoms with van der Waals surface area (Å²) in [4.78, 5) is 38.8. The molecular weight excluding hydrogens is 512 g/mol. The van der Waals surface area contributed by atoms with Gasteiger partial charge in [-0.25, -0.2) is 9.97 Å². The number of aromatic nitrogens is 2. The van der Waals surface area contributed by atoms with Crippen LogP contribution in [0.3, 0.4) is 0 Å². The van der Waals surface area contributed by atoms with Crippen molar-refractivity contribution < 1.29 is 14.3 Å². The summed E-state index contributed by atoms with van der Waals surface area (Å²) in [5.41, 5.74) is 4.37. The normalized spacial score (nSPS) is 12.6. The van der Waals surface area contributed by atoms with Crippen molar-refractivity contribution in [1.82, 2.24) is 14.9 Å². The van der Waals surface area contributed by atoms with Crippen molar-refractivity contribution in [3.8, 4) is 16.9 Å². The minimum Gasteiger partial charge on any atom is -0.497 e. The van der Waals surface area contributed by atoms with Crippen LogP contribution >= 0.6 is 11.6 Å². The van der Waals surface area contributed by atoms with E-state index >= 15 is 0 Å². The van der Waals surface area contributed by atoms with Crippen LogP contribution in [0.1, 0.15) is 26.5 Å². The molecule has 0 saturated carbocycles. The van der Waals surface area contributed by atoms with Crippen LogP contribution in [0.5, 0.6) is 5.75 Å². The summed E-state index contributed by atoms with van der Waals surface area (Å²) in [6.07, 6.45) is 0. The highest BCUT2D eigenvalue weighted by Crippen LogP contribution is 2.34. The fourth-order valence-electron chi connectivity index (χ4n) is 4.76. The molecule has 2 heterocycles. The largest absolute Gasteiger partial charge is 0.497 e. The number of rotatable bonds is 6. The number of hydrogen-bond donors (Lipinski definition) is 0. The zero-order chi connectivity index (χ0) is 27.1. The number of amides is 2. The first-order chi connectivity index (χ1) is 18.9. The van der Waals surface area contributed by atoms with Crippen LogP contribution in [0.4, 0.5) is 11.5 Å². The fraction of sp³-hybridized carbons (Fsp3) is 0.0968. The number of halogens is 1. The van der Waals surface area contributed by atoms with Crippen LogP contribution in [0.25, 0.3) is 22.0 Å². The smallest absolute Gasteiger partial charge is 0.261 e. The summed E-state index contributed by atoms with van der Waals surface area (Å²) in [6, 6.07) is 28.1. The van der Waals surface area contributed by atoms with Gasteiger partial charge < -0.3 is 9.64 Å². The summed E-state index contributed by atoms with van der Waals surface area (Å²) < 4.78 is 5.32. The number of carbonyl (C=O) groups excluding carboxylic acids is 2. The van der Waals surface area contributed by atoms with E-state index in [-0.39, 0.29) is 18.4 Å². The molecule has 0 N–H and O–H groups in total. The van der Waals surface area contributed by atoms with E-state index in [9.17, 15) is 9.59 Å². The van der Waals surface area contributed by atoms with Crippen molar-refractivity contribution in [2.75, 3.05) is 19.1 Å². The van der Waals surface area contributed by atoms with Gasteiger partial charge >= 0.3 is 0 Å². The number of hydrogen-bond acceptors (Lipinski definition) is 6. The predicted octanol–water partition coefficient (Wildman–Crippen LogP) is 6.52. The molecule has 4 aromatic carbocycles.